The van der Waals surface area contributed by atoms with E-state index >= 15 is 0 Å². The third-order valence-electron chi connectivity index (χ3n) is 3.17. The van der Waals surface area contributed by atoms with Crippen LogP contribution in [0.2, 0.25) is 0 Å². The molecule has 1 fully saturated rings. The predicted octanol–water partition coefficient (Wildman–Crippen LogP) is 1.51. The van der Waals surface area contributed by atoms with Gasteiger partial charge < -0.3 is 15.3 Å². The van der Waals surface area contributed by atoms with Gasteiger partial charge in [-0.1, -0.05) is 6.92 Å². The SMILES string of the molecule is CCC1C(=O)NCCN1C(=O)c1ccc(Br)c(O)c1. The van der Waals surface area contributed by atoms with Gasteiger partial charge in [0.15, 0.2) is 0 Å². The molecule has 1 atom stereocenters. The maximum absolute atomic E-state index is 12.4. The second-order valence-electron chi connectivity index (χ2n) is 4.38. The highest BCUT2D eigenvalue weighted by Gasteiger charge is 2.32. The van der Waals surface area contributed by atoms with Crippen molar-refractivity contribution < 1.29 is 14.7 Å². The summed E-state index contributed by atoms with van der Waals surface area (Å²) in [5, 5.41) is 12.4. The maximum Gasteiger partial charge on any atom is 0.254 e. The molecular weight excluding hydrogens is 312 g/mol. The van der Waals surface area contributed by atoms with Crippen LogP contribution in [-0.4, -0.2) is 41.0 Å². The lowest BCUT2D eigenvalue weighted by Gasteiger charge is -2.34. The highest BCUT2D eigenvalue weighted by molar-refractivity contribution is 9.10. The molecule has 1 heterocycles. The average Bonchev–Trinajstić information content (AvgIpc) is 2.40. The first kappa shape index (κ1) is 13.9. The molecule has 1 aliphatic heterocycles. The summed E-state index contributed by atoms with van der Waals surface area (Å²) in [6.07, 6.45) is 0.570. The van der Waals surface area contributed by atoms with Gasteiger partial charge in [0.05, 0.1) is 4.47 Å². The summed E-state index contributed by atoms with van der Waals surface area (Å²) < 4.78 is 0.535. The van der Waals surface area contributed by atoms with Crippen LogP contribution in [0.5, 0.6) is 5.75 Å². The van der Waals surface area contributed by atoms with E-state index in [1.165, 1.54) is 6.07 Å². The lowest BCUT2D eigenvalue weighted by molar-refractivity contribution is -0.127. The molecule has 1 unspecified atom stereocenters. The van der Waals surface area contributed by atoms with Crippen molar-refractivity contribution in [3.63, 3.8) is 0 Å². The van der Waals surface area contributed by atoms with Crippen LogP contribution in [0.15, 0.2) is 22.7 Å². The molecule has 1 aliphatic rings. The van der Waals surface area contributed by atoms with Crippen molar-refractivity contribution in [3.05, 3.63) is 28.2 Å². The largest absolute Gasteiger partial charge is 0.507 e. The number of hydrogen-bond acceptors (Lipinski definition) is 3. The third kappa shape index (κ3) is 2.73. The van der Waals surface area contributed by atoms with Crippen molar-refractivity contribution in [3.8, 4) is 5.75 Å². The molecule has 0 aliphatic carbocycles. The zero-order valence-electron chi connectivity index (χ0n) is 10.5. The van der Waals surface area contributed by atoms with Crippen molar-refractivity contribution in [2.75, 3.05) is 13.1 Å². The summed E-state index contributed by atoms with van der Waals surface area (Å²) in [7, 11) is 0. The van der Waals surface area contributed by atoms with Crippen molar-refractivity contribution in [2.45, 2.75) is 19.4 Å². The smallest absolute Gasteiger partial charge is 0.254 e. The Morgan fingerprint density at radius 3 is 2.95 bits per heavy atom. The van der Waals surface area contributed by atoms with Crippen molar-refractivity contribution in [1.82, 2.24) is 10.2 Å². The van der Waals surface area contributed by atoms with Gasteiger partial charge in [-0.05, 0) is 40.5 Å². The monoisotopic (exact) mass is 326 g/mol. The number of carbonyl (C=O) groups excluding carboxylic acids is 2. The summed E-state index contributed by atoms with van der Waals surface area (Å²) in [6.45, 7) is 2.82. The molecular formula is C13H15BrN2O3. The number of benzene rings is 1. The number of piperazine rings is 1. The number of hydrogen-bond donors (Lipinski definition) is 2. The lowest BCUT2D eigenvalue weighted by atomic mass is 10.1. The molecule has 1 aromatic rings. The molecule has 0 saturated carbocycles. The zero-order chi connectivity index (χ0) is 14.0. The van der Waals surface area contributed by atoms with E-state index in [1.807, 2.05) is 6.92 Å². The first-order chi connectivity index (χ1) is 9.04. The Hall–Kier alpha value is -1.56. The van der Waals surface area contributed by atoms with Gasteiger partial charge in [0.1, 0.15) is 11.8 Å². The molecule has 0 aromatic heterocycles. The quantitative estimate of drug-likeness (QED) is 0.865. The molecule has 0 radical (unpaired) electrons. The summed E-state index contributed by atoms with van der Waals surface area (Å²) in [6, 6.07) is 4.22. The normalized spacial score (nSPS) is 19.2. The number of nitrogens with zero attached hydrogens (tertiary/aromatic N) is 1. The summed E-state index contributed by atoms with van der Waals surface area (Å²) in [4.78, 5) is 25.7. The summed E-state index contributed by atoms with van der Waals surface area (Å²) in [5.74, 6) is -0.340. The molecule has 1 aromatic carbocycles. The van der Waals surface area contributed by atoms with E-state index in [4.69, 9.17) is 0 Å². The fraction of sp³-hybridized carbons (Fsp3) is 0.385. The zero-order valence-corrected chi connectivity index (χ0v) is 12.1. The Morgan fingerprint density at radius 1 is 1.58 bits per heavy atom. The minimum Gasteiger partial charge on any atom is -0.507 e. The van der Waals surface area contributed by atoms with E-state index in [2.05, 4.69) is 21.2 Å². The molecule has 2 amide bonds. The summed E-state index contributed by atoms with van der Waals surface area (Å²) >= 11 is 3.17. The fourth-order valence-electron chi connectivity index (χ4n) is 2.18. The number of carbonyl (C=O) groups is 2. The Bertz CT molecular complexity index is 519. The van der Waals surface area contributed by atoms with Crippen LogP contribution in [0.25, 0.3) is 0 Å². The first-order valence-electron chi connectivity index (χ1n) is 6.11. The van der Waals surface area contributed by atoms with Crippen LogP contribution in [0, 0.1) is 0 Å². The number of rotatable bonds is 2. The number of halogens is 1. The van der Waals surface area contributed by atoms with E-state index in [1.54, 1.807) is 17.0 Å². The Kier molecular flexibility index (Phi) is 4.09. The number of amides is 2. The van der Waals surface area contributed by atoms with Crippen LogP contribution in [0.3, 0.4) is 0 Å². The van der Waals surface area contributed by atoms with E-state index in [9.17, 15) is 14.7 Å². The van der Waals surface area contributed by atoms with Crippen molar-refractivity contribution in [1.29, 1.82) is 0 Å². The van der Waals surface area contributed by atoms with Gasteiger partial charge in [0.2, 0.25) is 5.91 Å². The average molecular weight is 327 g/mol. The number of phenols is 1. The van der Waals surface area contributed by atoms with Gasteiger partial charge in [-0.25, -0.2) is 0 Å². The van der Waals surface area contributed by atoms with E-state index < -0.39 is 6.04 Å². The van der Waals surface area contributed by atoms with Crippen molar-refractivity contribution >= 4 is 27.7 Å². The fourth-order valence-corrected chi connectivity index (χ4v) is 2.42. The Morgan fingerprint density at radius 2 is 2.32 bits per heavy atom. The third-order valence-corrected chi connectivity index (χ3v) is 3.84. The molecule has 19 heavy (non-hydrogen) atoms. The second kappa shape index (κ2) is 5.61. The van der Waals surface area contributed by atoms with Crippen molar-refractivity contribution in [2.24, 2.45) is 0 Å². The number of aromatic hydroxyl groups is 1. The van der Waals surface area contributed by atoms with Crippen LogP contribution in [-0.2, 0) is 4.79 Å². The molecule has 1 saturated heterocycles. The van der Waals surface area contributed by atoms with E-state index in [-0.39, 0.29) is 17.6 Å². The minimum atomic E-state index is -0.438. The van der Waals surface area contributed by atoms with Crippen LogP contribution in [0.1, 0.15) is 23.7 Å². The molecule has 6 heteroatoms. The van der Waals surface area contributed by atoms with Crippen LogP contribution in [0.4, 0.5) is 0 Å². The molecule has 0 bridgehead atoms. The maximum atomic E-state index is 12.4. The van der Waals surface area contributed by atoms with Crippen LogP contribution >= 0.6 is 15.9 Å². The van der Waals surface area contributed by atoms with Gasteiger partial charge in [-0.2, -0.15) is 0 Å². The number of nitrogens with one attached hydrogen (secondary N) is 1. The van der Waals surface area contributed by atoms with Gasteiger partial charge >= 0.3 is 0 Å². The second-order valence-corrected chi connectivity index (χ2v) is 5.23. The molecule has 2 rings (SSSR count). The molecule has 2 N–H and O–H groups in total. The van der Waals surface area contributed by atoms with Gasteiger partial charge in [0.25, 0.3) is 5.91 Å². The molecule has 102 valence electrons. The Labute approximate surface area is 119 Å². The molecule has 0 spiro atoms. The highest BCUT2D eigenvalue weighted by Crippen LogP contribution is 2.25. The lowest BCUT2D eigenvalue weighted by Crippen LogP contribution is -2.56. The first-order valence-corrected chi connectivity index (χ1v) is 6.91. The highest BCUT2D eigenvalue weighted by atomic mass is 79.9. The number of phenolic OH excluding ortho intramolecular Hbond substituents is 1. The topological polar surface area (TPSA) is 69.6 Å². The van der Waals surface area contributed by atoms with E-state index in [0.29, 0.717) is 29.5 Å². The molecule has 5 nitrogen and oxygen atoms in total. The Balaban J connectivity index is 2.26. The standard InChI is InChI=1S/C13H15BrN2O3/c1-2-10-12(18)15-5-6-16(10)13(19)8-3-4-9(14)11(17)7-8/h3-4,7,10,17H,2,5-6H2,1H3,(H,15,18). The van der Waals surface area contributed by atoms with Gasteiger partial charge in [0, 0.05) is 18.7 Å². The minimum absolute atomic E-state index is 0.0142. The van der Waals surface area contributed by atoms with Gasteiger partial charge in [-0.15, -0.1) is 0 Å². The van der Waals surface area contributed by atoms with Gasteiger partial charge in [-0.3, -0.25) is 9.59 Å². The van der Waals surface area contributed by atoms with Crippen LogP contribution < -0.4 is 5.32 Å². The summed E-state index contributed by atoms with van der Waals surface area (Å²) in [5.41, 5.74) is 0.383. The predicted molar refractivity (Wildman–Crippen MR) is 73.9 cm³/mol. The van der Waals surface area contributed by atoms with E-state index in [0.717, 1.165) is 0 Å².